The van der Waals surface area contributed by atoms with Gasteiger partial charge in [-0.05, 0) is 18.2 Å². The first-order chi connectivity index (χ1) is 11.8. The summed E-state index contributed by atoms with van der Waals surface area (Å²) in [5.74, 6) is 0.967. The lowest BCUT2D eigenvalue weighted by atomic mass is 10.3. The third-order valence-corrected chi connectivity index (χ3v) is 3.68. The fraction of sp³-hybridized carbons (Fsp3) is 0.125. The number of ether oxygens (including phenoxy) is 1. The summed E-state index contributed by atoms with van der Waals surface area (Å²) in [7, 11) is 0. The van der Waals surface area contributed by atoms with Crippen molar-refractivity contribution < 1.29 is 9.53 Å². The van der Waals surface area contributed by atoms with Crippen LogP contribution in [0.2, 0.25) is 0 Å². The number of carbonyl (C=O) groups is 1. The van der Waals surface area contributed by atoms with Gasteiger partial charge in [-0.3, -0.25) is 4.79 Å². The van der Waals surface area contributed by atoms with E-state index in [4.69, 9.17) is 4.74 Å². The summed E-state index contributed by atoms with van der Waals surface area (Å²) in [6.07, 6.45) is 3.26. The maximum absolute atomic E-state index is 12.0. The molecule has 0 radical (unpaired) electrons. The molecule has 0 spiro atoms. The van der Waals surface area contributed by atoms with Crippen LogP contribution in [0.25, 0.3) is 0 Å². The number of para-hydroxylation sites is 1. The highest BCUT2D eigenvalue weighted by Crippen LogP contribution is 2.18. The molecule has 1 aromatic carbocycles. The molecule has 0 aliphatic rings. The number of amides is 1. The monoisotopic (exact) mass is 341 g/mol. The molecule has 24 heavy (non-hydrogen) atoms. The highest BCUT2D eigenvalue weighted by Gasteiger charge is 2.10. The Morgan fingerprint density at radius 1 is 1.12 bits per heavy atom. The average molecular weight is 341 g/mol. The minimum absolute atomic E-state index is 0.245. The SMILES string of the molecule is O=C(NCCOc1ccccc1)c1csc(Nc2ncccn2)n1. The van der Waals surface area contributed by atoms with Crippen LogP contribution in [-0.2, 0) is 0 Å². The molecule has 3 rings (SSSR count). The van der Waals surface area contributed by atoms with Crippen LogP contribution in [0.15, 0.2) is 54.2 Å². The molecule has 0 aliphatic carbocycles. The van der Waals surface area contributed by atoms with E-state index >= 15 is 0 Å². The summed E-state index contributed by atoms with van der Waals surface area (Å²) in [6, 6.07) is 11.2. The number of anilines is 2. The maximum Gasteiger partial charge on any atom is 0.270 e. The molecule has 0 aliphatic heterocycles. The molecule has 7 nitrogen and oxygen atoms in total. The number of thiazole rings is 1. The van der Waals surface area contributed by atoms with Crippen molar-refractivity contribution in [3.05, 3.63) is 59.9 Å². The molecule has 2 N–H and O–H groups in total. The molecular formula is C16H15N5O2S. The van der Waals surface area contributed by atoms with Crippen molar-refractivity contribution in [1.29, 1.82) is 0 Å². The minimum atomic E-state index is -0.245. The van der Waals surface area contributed by atoms with Crippen molar-refractivity contribution in [2.75, 3.05) is 18.5 Å². The molecule has 3 aromatic rings. The Kier molecular flexibility index (Phi) is 5.31. The normalized spacial score (nSPS) is 10.2. The molecule has 0 unspecified atom stereocenters. The molecule has 2 heterocycles. The van der Waals surface area contributed by atoms with Crippen molar-refractivity contribution in [3.8, 4) is 5.75 Å². The fourth-order valence-electron chi connectivity index (χ4n) is 1.84. The number of hydrogen-bond acceptors (Lipinski definition) is 7. The third-order valence-electron chi connectivity index (χ3n) is 2.92. The summed E-state index contributed by atoms with van der Waals surface area (Å²) in [5, 5.41) is 7.96. The number of carbonyl (C=O) groups excluding carboxylic acids is 1. The van der Waals surface area contributed by atoms with E-state index in [0.29, 0.717) is 29.9 Å². The second-order valence-corrected chi connectivity index (χ2v) is 5.51. The van der Waals surface area contributed by atoms with Gasteiger partial charge in [0, 0.05) is 17.8 Å². The van der Waals surface area contributed by atoms with E-state index in [0.717, 1.165) is 5.75 Å². The standard InChI is InChI=1S/C16H15N5O2S/c22-14(17-9-10-23-12-5-2-1-3-6-12)13-11-24-16(20-13)21-15-18-7-4-8-19-15/h1-8,11H,9-10H2,(H,17,22)(H,18,19,20,21). The Labute approximate surface area is 142 Å². The number of rotatable bonds is 7. The van der Waals surface area contributed by atoms with Crippen molar-refractivity contribution in [2.45, 2.75) is 0 Å². The van der Waals surface area contributed by atoms with E-state index in [2.05, 4.69) is 25.6 Å². The highest BCUT2D eigenvalue weighted by molar-refractivity contribution is 7.14. The summed E-state index contributed by atoms with van der Waals surface area (Å²) in [5.41, 5.74) is 0.346. The largest absolute Gasteiger partial charge is 0.492 e. The van der Waals surface area contributed by atoms with Crippen LogP contribution in [0.4, 0.5) is 11.1 Å². The van der Waals surface area contributed by atoms with Crippen molar-refractivity contribution >= 4 is 28.3 Å². The molecule has 8 heteroatoms. The lowest BCUT2D eigenvalue weighted by Gasteiger charge is -2.06. The number of nitrogens with zero attached hydrogens (tertiary/aromatic N) is 3. The van der Waals surface area contributed by atoms with Gasteiger partial charge in [0.2, 0.25) is 5.95 Å². The van der Waals surface area contributed by atoms with Gasteiger partial charge in [-0.2, -0.15) is 0 Å². The zero-order chi connectivity index (χ0) is 16.6. The van der Waals surface area contributed by atoms with Crippen LogP contribution >= 0.6 is 11.3 Å². The third kappa shape index (κ3) is 4.50. The van der Waals surface area contributed by atoms with Gasteiger partial charge < -0.3 is 15.4 Å². The van der Waals surface area contributed by atoms with E-state index in [1.807, 2.05) is 30.3 Å². The first kappa shape index (κ1) is 15.9. The Morgan fingerprint density at radius 2 is 1.92 bits per heavy atom. The van der Waals surface area contributed by atoms with Gasteiger partial charge in [-0.1, -0.05) is 18.2 Å². The molecule has 1 amide bonds. The number of aromatic nitrogens is 3. The van der Waals surface area contributed by atoms with Crippen LogP contribution in [0.5, 0.6) is 5.75 Å². The predicted molar refractivity (Wildman–Crippen MR) is 91.7 cm³/mol. The van der Waals surface area contributed by atoms with Gasteiger partial charge in [0.25, 0.3) is 5.91 Å². The molecular weight excluding hydrogens is 326 g/mol. The smallest absolute Gasteiger partial charge is 0.270 e. The Balaban J connectivity index is 1.45. The van der Waals surface area contributed by atoms with Crippen LogP contribution in [0.3, 0.4) is 0 Å². The Bertz CT molecular complexity index is 779. The van der Waals surface area contributed by atoms with Gasteiger partial charge in [0.05, 0.1) is 6.54 Å². The van der Waals surface area contributed by atoms with Gasteiger partial charge in [-0.15, -0.1) is 11.3 Å². The first-order valence-electron chi connectivity index (χ1n) is 7.27. The van der Waals surface area contributed by atoms with Crippen molar-refractivity contribution in [3.63, 3.8) is 0 Å². The molecule has 0 saturated carbocycles. The second kappa shape index (κ2) is 8.02. The van der Waals surface area contributed by atoms with Gasteiger partial charge in [-0.25, -0.2) is 15.0 Å². The molecule has 0 atom stereocenters. The molecule has 122 valence electrons. The zero-order valence-corrected chi connectivity index (χ0v) is 13.5. The minimum Gasteiger partial charge on any atom is -0.492 e. The lowest BCUT2D eigenvalue weighted by molar-refractivity contribution is 0.0943. The quantitative estimate of drug-likeness (QED) is 0.642. The topological polar surface area (TPSA) is 89.0 Å². The van der Waals surface area contributed by atoms with E-state index in [-0.39, 0.29) is 5.91 Å². The number of benzene rings is 1. The maximum atomic E-state index is 12.0. The Morgan fingerprint density at radius 3 is 2.71 bits per heavy atom. The number of nitrogens with one attached hydrogen (secondary N) is 2. The van der Waals surface area contributed by atoms with E-state index < -0.39 is 0 Å². The zero-order valence-electron chi connectivity index (χ0n) is 12.7. The summed E-state index contributed by atoms with van der Waals surface area (Å²) < 4.78 is 5.52. The molecule has 2 aromatic heterocycles. The van der Waals surface area contributed by atoms with Crippen LogP contribution in [0, 0.1) is 0 Å². The molecule has 0 saturated heterocycles. The summed E-state index contributed by atoms with van der Waals surface area (Å²) >= 11 is 1.31. The predicted octanol–water partition coefficient (Wildman–Crippen LogP) is 2.49. The van der Waals surface area contributed by atoms with Crippen LogP contribution in [-0.4, -0.2) is 34.0 Å². The fourth-order valence-corrected chi connectivity index (χ4v) is 2.52. The van der Waals surface area contributed by atoms with Gasteiger partial charge in [0.1, 0.15) is 18.1 Å². The molecule has 0 fully saturated rings. The second-order valence-electron chi connectivity index (χ2n) is 4.65. The first-order valence-corrected chi connectivity index (χ1v) is 8.15. The summed E-state index contributed by atoms with van der Waals surface area (Å²) in [6.45, 7) is 0.790. The summed E-state index contributed by atoms with van der Waals surface area (Å²) in [4.78, 5) is 24.3. The lowest BCUT2D eigenvalue weighted by Crippen LogP contribution is -2.28. The van der Waals surface area contributed by atoms with E-state index in [9.17, 15) is 4.79 Å². The van der Waals surface area contributed by atoms with Crippen molar-refractivity contribution in [2.24, 2.45) is 0 Å². The number of hydrogen-bond donors (Lipinski definition) is 2. The van der Waals surface area contributed by atoms with Gasteiger partial charge >= 0.3 is 0 Å². The van der Waals surface area contributed by atoms with Crippen LogP contribution < -0.4 is 15.4 Å². The average Bonchev–Trinajstić information content (AvgIpc) is 3.09. The Hall–Kier alpha value is -3.00. The van der Waals surface area contributed by atoms with E-state index in [1.54, 1.807) is 23.8 Å². The highest BCUT2D eigenvalue weighted by atomic mass is 32.1. The molecule has 0 bridgehead atoms. The van der Waals surface area contributed by atoms with Gasteiger partial charge in [0.15, 0.2) is 5.13 Å². The van der Waals surface area contributed by atoms with Crippen LogP contribution in [0.1, 0.15) is 10.5 Å². The van der Waals surface area contributed by atoms with E-state index in [1.165, 1.54) is 11.3 Å². The van der Waals surface area contributed by atoms with Crippen molar-refractivity contribution in [1.82, 2.24) is 20.3 Å².